The maximum Gasteiger partial charge on any atom is 0.317 e. The number of hydrogen-bond donors (Lipinski definition) is 2. The minimum absolute atomic E-state index is 0.0971. The van der Waals surface area contributed by atoms with Gasteiger partial charge in [0.1, 0.15) is 0 Å². The lowest BCUT2D eigenvalue weighted by atomic mass is 9.87. The van der Waals surface area contributed by atoms with Crippen molar-refractivity contribution >= 4 is 11.9 Å². The van der Waals surface area contributed by atoms with Crippen LogP contribution in [0, 0.1) is 5.92 Å². The first-order valence-corrected chi connectivity index (χ1v) is 8.78. The van der Waals surface area contributed by atoms with Crippen LogP contribution in [-0.4, -0.2) is 46.8 Å². The molecular formula is C17H29N5O2. The Kier molecular flexibility index (Phi) is 7.08. The van der Waals surface area contributed by atoms with E-state index < -0.39 is 0 Å². The Morgan fingerprint density at radius 1 is 1.25 bits per heavy atom. The van der Waals surface area contributed by atoms with Crippen LogP contribution in [0.25, 0.3) is 0 Å². The van der Waals surface area contributed by atoms with Gasteiger partial charge in [-0.1, -0.05) is 19.3 Å². The quantitative estimate of drug-likeness (QED) is 0.744. The zero-order chi connectivity index (χ0) is 17.4. The van der Waals surface area contributed by atoms with Crippen molar-refractivity contribution in [2.75, 3.05) is 20.1 Å². The highest BCUT2D eigenvalue weighted by Gasteiger charge is 2.16. The van der Waals surface area contributed by atoms with Crippen molar-refractivity contribution in [3.05, 3.63) is 18.0 Å². The van der Waals surface area contributed by atoms with E-state index in [1.165, 1.54) is 32.1 Å². The number of carbonyl (C=O) groups excluding carboxylic acids is 2. The predicted molar refractivity (Wildman–Crippen MR) is 92.3 cm³/mol. The number of urea groups is 1. The van der Waals surface area contributed by atoms with Crippen molar-refractivity contribution in [2.45, 2.75) is 45.1 Å². The van der Waals surface area contributed by atoms with Crippen LogP contribution in [0.1, 0.15) is 44.1 Å². The number of hydrogen-bond acceptors (Lipinski definition) is 3. The third kappa shape index (κ3) is 6.22. The van der Waals surface area contributed by atoms with Crippen LogP contribution < -0.4 is 10.6 Å². The average molecular weight is 335 g/mol. The molecule has 1 aliphatic rings. The molecule has 0 spiro atoms. The van der Waals surface area contributed by atoms with E-state index in [4.69, 9.17) is 0 Å². The first-order chi connectivity index (χ1) is 11.5. The third-order valence-electron chi connectivity index (χ3n) is 4.45. The van der Waals surface area contributed by atoms with Gasteiger partial charge in [-0.2, -0.15) is 5.10 Å². The number of aromatic nitrogens is 2. The van der Waals surface area contributed by atoms with Gasteiger partial charge in [0, 0.05) is 45.4 Å². The molecule has 7 nitrogen and oxygen atoms in total. The third-order valence-corrected chi connectivity index (χ3v) is 4.45. The SMILES string of the molecule is CN(Cc1cnn(C)c1)C(=O)NCCNC(=O)CC1CCCCC1. The van der Waals surface area contributed by atoms with Gasteiger partial charge in [-0.3, -0.25) is 9.48 Å². The second-order valence-corrected chi connectivity index (χ2v) is 6.67. The zero-order valence-corrected chi connectivity index (χ0v) is 14.8. The lowest BCUT2D eigenvalue weighted by Crippen LogP contribution is -2.41. The lowest BCUT2D eigenvalue weighted by Gasteiger charge is -2.21. The van der Waals surface area contributed by atoms with Gasteiger partial charge in [-0.25, -0.2) is 4.79 Å². The number of aryl methyl sites for hydroxylation is 1. The highest BCUT2D eigenvalue weighted by atomic mass is 16.2. The van der Waals surface area contributed by atoms with Crippen molar-refractivity contribution in [1.29, 1.82) is 0 Å². The predicted octanol–water partition coefficient (Wildman–Crippen LogP) is 1.65. The fraction of sp³-hybridized carbons (Fsp3) is 0.706. The Balaban J connectivity index is 1.57. The standard InChI is InChI=1S/C17H29N5O2/c1-21(12-15-11-20-22(2)13-15)17(24)19-9-8-18-16(23)10-14-6-4-3-5-7-14/h11,13-14H,3-10,12H2,1-2H3,(H,18,23)(H,19,24). The van der Waals surface area contributed by atoms with Gasteiger partial charge >= 0.3 is 6.03 Å². The fourth-order valence-electron chi connectivity index (χ4n) is 3.13. The normalized spacial score (nSPS) is 15.1. The minimum Gasteiger partial charge on any atom is -0.354 e. The zero-order valence-electron chi connectivity index (χ0n) is 14.8. The van der Waals surface area contributed by atoms with E-state index in [-0.39, 0.29) is 11.9 Å². The summed E-state index contributed by atoms with van der Waals surface area (Å²) in [6, 6.07) is -0.152. The summed E-state index contributed by atoms with van der Waals surface area (Å²) in [5, 5.41) is 9.79. The number of nitrogens with zero attached hydrogens (tertiary/aromatic N) is 3. The first kappa shape index (κ1) is 18.3. The maximum atomic E-state index is 12.0. The van der Waals surface area contributed by atoms with Crippen molar-refractivity contribution < 1.29 is 9.59 Å². The molecule has 1 saturated carbocycles. The Labute approximate surface area is 143 Å². The molecule has 1 aromatic heterocycles. The summed E-state index contributed by atoms with van der Waals surface area (Å²) in [5.41, 5.74) is 0.982. The minimum atomic E-state index is -0.152. The van der Waals surface area contributed by atoms with Gasteiger partial charge in [0.05, 0.1) is 12.7 Å². The molecule has 2 rings (SSSR count). The van der Waals surface area contributed by atoms with Gasteiger partial charge in [0.2, 0.25) is 5.91 Å². The van der Waals surface area contributed by atoms with Crippen molar-refractivity contribution in [2.24, 2.45) is 13.0 Å². The van der Waals surface area contributed by atoms with Gasteiger partial charge in [0.15, 0.2) is 0 Å². The molecule has 7 heteroatoms. The molecule has 2 N–H and O–H groups in total. The molecule has 1 aliphatic carbocycles. The molecule has 134 valence electrons. The summed E-state index contributed by atoms with van der Waals surface area (Å²) in [4.78, 5) is 25.5. The van der Waals surface area contributed by atoms with Crippen LogP contribution in [-0.2, 0) is 18.4 Å². The molecule has 0 aliphatic heterocycles. The van der Waals surface area contributed by atoms with E-state index in [9.17, 15) is 9.59 Å². The molecular weight excluding hydrogens is 306 g/mol. The average Bonchev–Trinajstić information content (AvgIpc) is 2.97. The van der Waals surface area contributed by atoms with Gasteiger partial charge in [-0.05, 0) is 18.8 Å². The second-order valence-electron chi connectivity index (χ2n) is 6.67. The highest BCUT2D eigenvalue weighted by Crippen LogP contribution is 2.25. The molecule has 24 heavy (non-hydrogen) atoms. The first-order valence-electron chi connectivity index (χ1n) is 8.78. The Bertz CT molecular complexity index is 537. The van der Waals surface area contributed by atoms with Crippen LogP contribution in [0.4, 0.5) is 4.79 Å². The van der Waals surface area contributed by atoms with Crippen molar-refractivity contribution in [3.8, 4) is 0 Å². The van der Waals surface area contributed by atoms with Gasteiger partial charge < -0.3 is 15.5 Å². The van der Waals surface area contributed by atoms with E-state index in [0.29, 0.717) is 32.0 Å². The fourth-order valence-corrected chi connectivity index (χ4v) is 3.13. The number of rotatable bonds is 7. The molecule has 0 saturated heterocycles. The van der Waals surface area contributed by atoms with Crippen molar-refractivity contribution in [1.82, 2.24) is 25.3 Å². The maximum absolute atomic E-state index is 12.0. The molecule has 0 atom stereocenters. The summed E-state index contributed by atoms with van der Waals surface area (Å²) in [6.07, 6.45) is 10.4. The molecule has 0 aromatic carbocycles. The second kappa shape index (κ2) is 9.30. The van der Waals surface area contributed by atoms with E-state index in [1.54, 1.807) is 22.8 Å². The van der Waals surface area contributed by atoms with E-state index in [2.05, 4.69) is 15.7 Å². The molecule has 1 aromatic rings. The van der Waals surface area contributed by atoms with E-state index >= 15 is 0 Å². The number of carbonyl (C=O) groups is 2. The van der Waals surface area contributed by atoms with Crippen LogP contribution in [0.3, 0.4) is 0 Å². The molecule has 0 unspecified atom stereocenters. The molecule has 1 fully saturated rings. The Morgan fingerprint density at radius 3 is 2.62 bits per heavy atom. The molecule has 3 amide bonds. The largest absolute Gasteiger partial charge is 0.354 e. The summed E-state index contributed by atoms with van der Waals surface area (Å²) in [7, 11) is 3.59. The monoisotopic (exact) mass is 335 g/mol. The van der Waals surface area contributed by atoms with E-state index in [0.717, 1.165) is 5.56 Å². The van der Waals surface area contributed by atoms with Gasteiger partial charge in [0.25, 0.3) is 0 Å². The van der Waals surface area contributed by atoms with Crippen LogP contribution >= 0.6 is 0 Å². The molecule has 1 heterocycles. The summed E-state index contributed by atoms with van der Waals surface area (Å²) in [6.45, 7) is 1.42. The Morgan fingerprint density at radius 2 is 1.96 bits per heavy atom. The smallest absolute Gasteiger partial charge is 0.317 e. The Hall–Kier alpha value is -2.05. The van der Waals surface area contributed by atoms with E-state index in [1.807, 2.05) is 13.2 Å². The molecule has 0 radical (unpaired) electrons. The van der Waals surface area contributed by atoms with Crippen LogP contribution in [0.5, 0.6) is 0 Å². The lowest BCUT2D eigenvalue weighted by molar-refractivity contribution is -0.122. The van der Waals surface area contributed by atoms with Gasteiger partial charge in [-0.15, -0.1) is 0 Å². The molecule has 0 bridgehead atoms. The topological polar surface area (TPSA) is 79.3 Å². The summed E-state index contributed by atoms with van der Waals surface area (Å²) < 4.78 is 1.71. The van der Waals surface area contributed by atoms with Crippen LogP contribution in [0.2, 0.25) is 0 Å². The van der Waals surface area contributed by atoms with Crippen LogP contribution in [0.15, 0.2) is 12.4 Å². The number of nitrogens with one attached hydrogen (secondary N) is 2. The van der Waals surface area contributed by atoms with Crippen molar-refractivity contribution in [3.63, 3.8) is 0 Å². The summed E-state index contributed by atoms with van der Waals surface area (Å²) >= 11 is 0. The highest BCUT2D eigenvalue weighted by molar-refractivity contribution is 5.76. The summed E-state index contributed by atoms with van der Waals surface area (Å²) in [5.74, 6) is 0.638. The number of amides is 3.